The number of hydrogen-bond acceptors (Lipinski definition) is 7. The van der Waals surface area contributed by atoms with Crippen LogP contribution in [0.4, 0.5) is 36.3 Å². The van der Waals surface area contributed by atoms with Crippen LogP contribution in [-0.4, -0.2) is 32.8 Å². The van der Waals surface area contributed by atoms with E-state index >= 15 is 0 Å². The lowest BCUT2D eigenvalue weighted by Gasteiger charge is -2.24. The molecule has 168 valence electrons. The molecule has 3 heterocycles. The van der Waals surface area contributed by atoms with E-state index in [0.29, 0.717) is 11.0 Å². The van der Waals surface area contributed by atoms with E-state index in [4.69, 9.17) is 0 Å². The molecule has 12 heteroatoms. The molecule has 3 N–H and O–H groups in total. The zero-order valence-corrected chi connectivity index (χ0v) is 18.0. The van der Waals surface area contributed by atoms with Gasteiger partial charge < -0.3 is 16.0 Å². The van der Waals surface area contributed by atoms with E-state index in [9.17, 15) is 17.7 Å². The summed E-state index contributed by atoms with van der Waals surface area (Å²) in [4.78, 5) is 7.92. The lowest BCUT2D eigenvalue weighted by Crippen LogP contribution is -2.30. The fourth-order valence-corrected chi connectivity index (χ4v) is 3.99. The minimum absolute atomic E-state index is 0.00869. The fraction of sp³-hybridized carbons (Fsp3) is 0.350. The third-order valence-corrected chi connectivity index (χ3v) is 5.88. The number of rotatable bonds is 6. The van der Waals surface area contributed by atoms with Crippen molar-refractivity contribution >= 4 is 36.9 Å². The molecule has 32 heavy (non-hydrogen) atoms. The summed E-state index contributed by atoms with van der Waals surface area (Å²) in [6.45, 7) is 3.71. The Labute approximate surface area is 183 Å². The molecule has 4 rings (SSSR count). The number of aromatic nitrogens is 4. The van der Waals surface area contributed by atoms with Gasteiger partial charge in [-0.15, -0.1) is 0 Å². The Kier molecular flexibility index (Phi) is 6.38. The number of halogens is 3. The molecule has 1 saturated heterocycles. The molecule has 0 spiro atoms. The summed E-state index contributed by atoms with van der Waals surface area (Å²) in [5, 5.41) is 13.7. The quantitative estimate of drug-likeness (QED) is 0.469. The average molecular weight is 463 g/mol. The first-order valence-electron chi connectivity index (χ1n) is 10.0. The predicted molar refractivity (Wildman–Crippen MR) is 115 cm³/mol. The van der Waals surface area contributed by atoms with Crippen LogP contribution in [0, 0.1) is 6.92 Å². The standard InChI is InChI=1S/C20H21F3N7OP/c1-12-16(11-26-30(12)13-6-8-24-9-7-13)28-19-25-10-14(20(21,22)23)18(29-19)27-15-4-2-3-5-17(15)32-31/h2-5,10-11,13,24H,6-9H2,1H3,(H2,25,27,28,29). The molecular formula is C20H21F3N7OP. The maximum atomic E-state index is 13.5. The molecular weight excluding hydrogens is 442 g/mol. The van der Waals surface area contributed by atoms with Crippen LogP contribution in [0.5, 0.6) is 0 Å². The predicted octanol–water partition coefficient (Wildman–Crippen LogP) is 4.33. The second kappa shape index (κ2) is 9.22. The summed E-state index contributed by atoms with van der Waals surface area (Å²) >= 11 is 0. The number of nitrogens with one attached hydrogen (secondary N) is 3. The molecule has 2 aromatic heterocycles. The number of benzene rings is 1. The zero-order valence-electron chi connectivity index (χ0n) is 17.1. The van der Waals surface area contributed by atoms with Crippen LogP contribution in [-0.2, 0) is 10.7 Å². The van der Waals surface area contributed by atoms with Crippen LogP contribution in [0.3, 0.4) is 0 Å². The van der Waals surface area contributed by atoms with Crippen molar-refractivity contribution in [2.24, 2.45) is 0 Å². The molecule has 1 fully saturated rings. The Bertz CT molecular complexity index is 1110. The van der Waals surface area contributed by atoms with Crippen LogP contribution in [0.15, 0.2) is 36.7 Å². The molecule has 1 aliphatic heterocycles. The lowest BCUT2D eigenvalue weighted by molar-refractivity contribution is -0.137. The van der Waals surface area contributed by atoms with E-state index in [1.807, 2.05) is 11.6 Å². The molecule has 0 amide bonds. The van der Waals surface area contributed by atoms with Gasteiger partial charge >= 0.3 is 6.18 Å². The first-order valence-corrected chi connectivity index (χ1v) is 10.8. The number of alkyl halides is 3. The molecule has 0 unspecified atom stereocenters. The molecule has 0 atom stereocenters. The highest BCUT2D eigenvalue weighted by Gasteiger charge is 2.35. The van der Waals surface area contributed by atoms with E-state index < -0.39 is 17.6 Å². The van der Waals surface area contributed by atoms with Crippen LogP contribution < -0.4 is 21.3 Å². The fourth-order valence-electron chi connectivity index (χ4n) is 3.62. The Hall–Kier alpha value is -3.04. The SMILES string of the molecule is Cc1c(Nc2ncc(C(F)(F)F)c(Nc3ccccc3P=O)n2)cnn1C1CCNCC1. The molecule has 0 radical (unpaired) electrons. The zero-order chi connectivity index (χ0) is 22.7. The van der Waals surface area contributed by atoms with Gasteiger partial charge in [0.05, 0.1) is 34.6 Å². The maximum absolute atomic E-state index is 13.5. The monoisotopic (exact) mass is 463 g/mol. The van der Waals surface area contributed by atoms with E-state index in [1.165, 1.54) is 6.07 Å². The van der Waals surface area contributed by atoms with Gasteiger partial charge in [0.1, 0.15) is 11.4 Å². The van der Waals surface area contributed by atoms with Crippen molar-refractivity contribution in [2.45, 2.75) is 32.0 Å². The smallest absolute Gasteiger partial charge is 0.339 e. The van der Waals surface area contributed by atoms with Crippen molar-refractivity contribution in [3.8, 4) is 0 Å². The summed E-state index contributed by atoms with van der Waals surface area (Å²) in [7, 11) is -0.321. The van der Waals surface area contributed by atoms with E-state index in [0.717, 1.165) is 37.8 Å². The molecule has 0 aliphatic carbocycles. The second-order valence-electron chi connectivity index (χ2n) is 7.38. The van der Waals surface area contributed by atoms with Gasteiger partial charge in [-0.3, -0.25) is 9.25 Å². The molecule has 1 aliphatic rings. The van der Waals surface area contributed by atoms with Gasteiger partial charge in [0, 0.05) is 6.20 Å². The van der Waals surface area contributed by atoms with Gasteiger partial charge in [-0.1, -0.05) is 12.1 Å². The second-order valence-corrected chi connectivity index (χ2v) is 8.05. The third-order valence-electron chi connectivity index (χ3n) is 5.30. The maximum Gasteiger partial charge on any atom is 0.421 e. The van der Waals surface area contributed by atoms with Crippen molar-refractivity contribution in [1.82, 2.24) is 25.1 Å². The highest BCUT2D eigenvalue weighted by molar-refractivity contribution is 7.34. The Balaban J connectivity index is 1.64. The van der Waals surface area contributed by atoms with Gasteiger partial charge in [0.25, 0.3) is 0 Å². The summed E-state index contributed by atoms with van der Waals surface area (Å²) in [6, 6.07) is 6.61. The highest BCUT2D eigenvalue weighted by atomic mass is 31.1. The van der Waals surface area contributed by atoms with Crippen molar-refractivity contribution in [2.75, 3.05) is 23.7 Å². The topological polar surface area (TPSA) is 96.8 Å². The minimum atomic E-state index is -4.67. The largest absolute Gasteiger partial charge is 0.421 e. The van der Waals surface area contributed by atoms with E-state index in [1.54, 1.807) is 24.4 Å². The third kappa shape index (κ3) is 4.73. The molecule has 3 aromatic rings. The van der Waals surface area contributed by atoms with Crippen molar-refractivity contribution < 1.29 is 17.7 Å². The highest BCUT2D eigenvalue weighted by Crippen LogP contribution is 2.35. The van der Waals surface area contributed by atoms with Gasteiger partial charge in [0.2, 0.25) is 5.95 Å². The average Bonchev–Trinajstić information content (AvgIpc) is 3.14. The summed E-state index contributed by atoms with van der Waals surface area (Å²) in [5.41, 5.74) is 0.704. The van der Waals surface area contributed by atoms with Gasteiger partial charge in [-0.25, -0.2) is 4.98 Å². The van der Waals surface area contributed by atoms with Crippen LogP contribution in [0.25, 0.3) is 0 Å². The van der Waals surface area contributed by atoms with E-state index in [2.05, 4.69) is 31.0 Å². The first kappa shape index (κ1) is 22.2. The molecule has 8 nitrogen and oxygen atoms in total. The van der Waals surface area contributed by atoms with Crippen molar-refractivity contribution in [3.05, 3.63) is 47.9 Å². The van der Waals surface area contributed by atoms with E-state index in [-0.39, 0.29) is 26.1 Å². The molecule has 0 saturated carbocycles. The Morgan fingerprint density at radius 3 is 2.59 bits per heavy atom. The van der Waals surface area contributed by atoms with Gasteiger partial charge in [-0.05, 0) is 45.0 Å². The number of nitrogens with zero attached hydrogens (tertiary/aromatic N) is 4. The van der Waals surface area contributed by atoms with Crippen LogP contribution >= 0.6 is 8.46 Å². The van der Waals surface area contributed by atoms with Crippen molar-refractivity contribution in [1.29, 1.82) is 0 Å². The van der Waals surface area contributed by atoms with Crippen LogP contribution in [0.2, 0.25) is 0 Å². The number of anilines is 4. The number of hydrogen-bond donors (Lipinski definition) is 3. The van der Waals surface area contributed by atoms with Gasteiger partial charge in [-0.2, -0.15) is 23.3 Å². The Morgan fingerprint density at radius 1 is 1.12 bits per heavy atom. The number of piperidine rings is 1. The Morgan fingerprint density at radius 2 is 1.88 bits per heavy atom. The van der Waals surface area contributed by atoms with Crippen molar-refractivity contribution in [3.63, 3.8) is 0 Å². The van der Waals surface area contributed by atoms with Crippen LogP contribution in [0.1, 0.15) is 30.1 Å². The summed E-state index contributed by atoms with van der Waals surface area (Å²) in [6.07, 6.45) is -0.420. The van der Waals surface area contributed by atoms with Gasteiger partial charge in [0.15, 0.2) is 8.46 Å². The first-order chi connectivity index (χ1) is 15.4. The molecule has 0 bridgehead atoms. The number of para-hydroxylation sites is 1. The minimum Gasteiger partial charge on any atom is -0.339 e. The molecule has 1 aromatic carbocycles. The summed E-state index contributed by atoms with van der Waals surface area (Å²) in [5.74, 6) is -0.444. The summed E-state index contributed by atoms with van der Waals surface area (Å²) < 4.78 is 53.9. The normalized spacial score (nSPS) is 15.1. The lowest BCUT2D eigenvalue weighted by atomic mass is 10.1.